The molecular formula is C17H26ClNO2. The highest BCUT2D eigenvalue weighted by Gasteiger charge is 2.17. The first-order chi connectivity index (χ1) is 9.67. The summed E-state index contributed by atoms with van der Waals surface area (Å²) >= 11 is 6.24. The lowest BCUT2D eigenvalue weighted by atomic mass is 9.90. The lowest BCUT2D eigenvalue weighted by Gasteiger charge is -2.22. The number of ether oxygens (including phenoxy) is 1. The summed E-state index contributed by atoms with van der Waals surface area (Å²) in [5.74, 6) is 0.662. The average Bonchev–Trinajstić information content (AvgIpc) is 2.34. The summed E-state index contributed by atoms with van der Waals surface area (Å²) in [6.45, 7) is 10.8. The first-order valence-electron chi connectivity index (χ1n) is 7.36. The van der Waals surface area contributed by atoms with Crippen LogP contribution in [-0.2, 0) is 0 Å². The van der Waals surface area contributed by atoms with Crippen molar-refractivity contribution in [2.75, 3.05) is 6.54 Å². The first-order valence-corrected chi connectivity index (χ1v) is 7.80. The van der Waals surface area contributed by atoms with Crippen LogP contribution in [0.1, 0.15) is 51.4 Å². The molecule has 0 heterocycles. The molecule has 0 aliphatic heterocycles. The van der Waals surface area contributed by atoms with Crippen LogP contribution in [0.3, 0.4) is 0 Å². The van der Waals surface area contributed by atoms with Crippen molar-refractivity contribution in [3.05, 3.63) is 29.8 Å². The van der Waals surface area contributed by atoms with Gasteiger partial charge in [-0.05, 0) is 49.9 Å². The topological polar surface area (TPSA) is 38.3 Å². The van der Waals surface area contributed by atoms with Gasteiger partial charge in [-0.3, -0.25) is 4.79 Å². The molecule has 0 aliphatic rings. The molecule has 0 aliphatic carbocycles. The summed E-state index contributed by atoms with van der Waals surface area (Å²) < 4.78 is 5.55. The van der Waals surface area contributed by atoms with E-state index in [1.54, 1.807) is 12.1 Å². The number of carbonyl (C=O) groups is 1. The van der Waals surface area contributed by atoms with Crippen LogP contribution in [-0.4, -0.2) is 23.9 Å². The van der Waals surface area contributed by atoms with Crippen molar-refractivity contribution in [1.29, 1.82) is 0 Å². The van der Waals surface area contributed by atoms with E-state index in [0.717, 1.165) is 12.2 Å². The summed E-state index contributed by atoms with van der Waals surface area (Å²) in [4.78, 5) is 12.0. The van der Waals surface area contributed by atoms with Gasteiger partial charge in [-0.2, -0.15) is 0 Å². The minimum Gasteiger partial charge on any atom is -0.491 e. The van der Waals surface area contributed by atoms with E-state index < -0.39 is 0 Å². The zero-order chi connectivity index (χ0) is 16.0. The number of rotatable bonds is 6. The Morgan fingerprint density at radius 1 is 1.24 bits per heavy atom. The van der Waals surface area contributed by atoms with Gasteiger partial charge in [-0.25, -0.2) is 0 Å². The smallest absolute Gasteiger partial charge is 0.251 e. The molecule has 1 rings (SSSR count). The number of hydrogen-bond donors (Lipinski definition) is 1. The third-order valence-electron chi connectivity index (χ3n) is 2.81. The standard InChI is InChI=1S/C17H26ClNO2/c1-12(2)21-15-8-6-13(7-9-15)16(20)19-11-14(18)10-17(3,4)5/h6-9,12,14H,10-11H2,1-5H3,(H,19,20). The van der Waals surface area contributed by atoms with Crippen LogP contribution in [0.15, 0.2) is 24.3 Å². The van der Waals surface area contributed by atoms with Crippen molar-refractivity contribution < 1.29 is 9.53 Å². The molecule has 1 atom stereocenters. The molecule has 1 aromatic carbocycles. The van der Waals surface area contributed by atoms with Crippen LogP contribution in [0.25, 0.3) is 0 Å². The third kappa shape index (κ3) is 7.37. The molecule has 0 bridgehead atoms. The van der Waals surface area contributed by atoms with E-state index in [2.05, 4.69) is 26.1 Å². The van der Waals surface area contributed by atoms with Crippen LogP contribution in [0, 0.1) is 5.41 Å². The highest BCUT2D eigenvalue weighted by atomic mass is 35.5. The van der Waals surface area contributed by atoms with Gasteiger partial charge in [0.2, 0.25) is 0 Å². The Balaban J connectivity index is 2.48. The molecule has 1 aromatic rings. The molecule has 4 heteroatoms. The Hall–Kier alpha value is -1.22. The highest BCUT2D eigenvalue weighted by molar-refractivity contribution is 6.21. The largest absolute Gasteiger partial charge is 0.491 e. The fourth-order valence-corrected chi connectivity index (χ4v) is 2.54. The van der Waals surface area contributed by atoms with Gasteiger partial charge in [0.15, 0.2) is 0 Å². The second-order valence-corrected chi connectivity index (χ2v) is 7.38. The van der Waals surface area contributed by atoms with Crippen LogP contribution in [0.4, 0.5) is 0 Å². The number of halogens is 1. The van der Waals surface area contributed by atoms with Gasteiger partial charge in [0.1, 0.15) is 5.75 Å². The van der Waals surface area contributed by atoms with E-state index in [-0.39, 0.29) is 22.8 Å². The lowest BCUT2D eigenvalue weighted by Crippen LogP contribution is -2.31. The molecule has 0 saturated carbocycles. The Kier molecular flexibility index (Phi) is 6.53. The fourth-order valence-electron chi connectivity index (χ4n) is 2.00. The molecule has 0 aromatic heterocycles. The Labute approximate surface area is 133 Å². The van der Waals surface area contributed by atoms with Gasteiger partial charge in [0.05, 0.1) is 11.5 Å². The van der Waals surface area contributed by atoms with Crippen molar-refractivity contribution in [3.8, 4) is 5.75 Å². The second-order valence-electron chi connectivity index (χ2n) is 6.76. The van der Waals surface area contributed by atoms with Gasteiger partial charge >= 0.3 is 0 Å². The van der Waals surface area contributed by atoms with E-state index in [9.17, 15) is 4.79 Å². The molecule has 0 spiro atoms. The first kappa shape index (κ1) is 17.8. The van der Waals surface area contributed by atoms with Gasteiger partial charge < -0.3 is 10.1 Å². The molecule has 0 fully saturated rings. The van der Waals surface area contributed by atoms with E-state index >= 15 is 0 Å². The summed E-state index contributed by atoms with van der Waals surface area (Å²) in [5, 5.41) is 2.81. The van der Waals surface area contributed by atoms with E-state index in [4.69, 9.17) is 16.3 Å². The molecule has 0 radical (unpaired) electrons. The van der Waals surface area contributed by atoms with Crippen LogP contribution in [0.5, 0.6) is 5.75 Å². The van der Waals surface area contributed by atoms with Gasteiger partial charge in [-0.1, -0.05) is 20.8 Å². The zero-order valence-corrected chi connectivity index (χ0v) is 14.3. The number of amides is 1. The second kappa shape index (κ2) is 7.69. The monoisotopic (exact) mass is 311 g/mol. The Morgan fingerprint density at radius 3 is 2.29 bits per heavy atom. The van der Waals surface area contributed by atoms with Crippen molar-refractivity contribution in [1.82, 2.24) is 5.32 Å². The minimum atomic E-state index is -0.106. The fraction of sp³-hybridized carbons (Fsp3) is 0.588. The molecule has 1 unspecified atom stereocenters. The average molecular weight is 312 g/mol. The van der Waals surface area contributed by atoms with Crippen LogP contribution in [0.2, 0.25) is 0 Å². The van der Waals surface area contributed by atoms with E-state index in [1.807, 2.05) is 26.0 Å². The molecule has 21 heavy (non-hydrogen) atoms. The Morgan fingerprint density at radius 2 is 1.81 bits per heavy atom. The predicted molar refractivity (Wildman–Crippen MR) is 88.3 cm³/mol. The zero-order valence-electron chi connectivity index (χ0n) is 13.6. The maximum absolute atomic E-state index is 12.0. The van der Waals surface area contributed by atoms with E-state index in [0.29, 0.717) is 12.1 Å². The maximum atomic E-state index is 12.0. The van der Waals surface area contributed by atoms with Crippen LogP contribution < -0.4 is 10.1 Å². The van der Waals surface area contributed by atoms with Gasteiger partial charge in [0, 0.05) is 12.1 Å². The lowest BCUT2D eigenvalue weighted by molar-refractivity contribution is 0.0952. The van der Waals surface area contributed by atoms with E-state index in [1.165, 1.54) is 0 Å². The van der Waals surface area contributed by atoms with Crippen molar-refractivity contribution in [2.45, 2.75) is 52.5 Å². The van der Waals surface area contributed by atoms with Crippen molar-refractivity contribution in [3.63, 3.8) is 0 Å². The number of hydrogen-bond acceptors (Lipinski definition) is 2. The summed E-state index contributed by atoms with van der Waals surface area (Å²) in [6, 6.07) is 7.14. The number of benzene rings is 1. The summed E-state index contributed by atoms with van der Waals surface area (Å²) in [6.07, 6.45) is 0.981. The maximum Gasteiger partial charge on any atom is 0.251 e. The SMILES string of the molecule is CC(C)Oc1ccc(C(=O)NCC(Cl)CC(C)(C)C)cc1. The number of nitrogens with one attached hydrogen (secondary N) is 1. The molecule has 0 saturated heterocycles. The molecule has 1 N–H and O–H groups in total. The Bertz CT molecular complexity index is 449. The predicted octanol–water partition coefficient (Wildman–Crippen LogP) is 4.25. The van der Waals surface area contributed by atoms with Crippen LogP contribution >= 0.6 is 11.6 Å². The normalized spacial score (nSPS) is 13.1. The molecule has 118 valence electrons. The minimum absolute atomic E-state index is 0.0579. The van der Waals surface area contributed by atoms with Crippen molar-refractivity contribution >= 4 is 17.5 Å². The third-order valence-corrected chi connectivity index (χ3v) is 3.11. The quantitative estimate of drug-likeness (QED) is 0.798. The number of alkyl halides is 1. The highest BCUT2D eigenvalue weighted by Crippen LogP contribution is 2.23. The summed E-state index contributed by atoms with van der Waals surface area (Å²) in [7, 11) is 0. The molecule has 3 nitrogen and oxygen atoms in total. The summed E-state index contributed by atoms with van der Waals surface area (Å²) in [5.41, 5.74) is 0.776. The molecule has 1 amide bonds. The number of carbonyl (C=O) groups excluding carboxylic acids is 1. The van der Waals surface area contributed by atoms with Gasteiger partial charge in [0.25, 0.3) is 5.91 Å². The van der Waals surface area contributed by atoms with Gasteiger partial charge in [-0.15, -0.1) is 11.6 Å². The van der Waals surface area contributed by atoms with Crippen molar-refractivity contribution in [2.24, 2.45) is 5.41 Å². The molecular weight excluding hydrogens is 286 g/mol.